The number of thiocarbonyl (C=S) groups is 1. The van der Waals surface area contributed by atoms with Gasteiger partial charge in [-0.15, -0.1) is 0 Å². The van der Waals surface area contributed by atoms with Crippen molar-refractivity contribution in [3.8, 4) is 6.07 Å². The fraction of sp³-hybridized carbons (Fsp3) is 0.0769. The largest absolute Gasteiger partial charge is 0.392 e. The van der Waals surface area contributed by atoms with E-state index in [9.17, 15) is 5.26 Å². The van der Waals surface area contributed by atoms with Gasteiger partial charge in [0.05, 0.1) is 15.9 Å². The van der Waals surface area contributed by atoms with E-state index in [0.717, 1.165) is 15.6 Å². The Kier molecular flexibility index (Phi) is 4.23. The van der Waals surface area contributed by atoms with Crippen LogP contribution in [-0.2, 0) is 0 Å². The van der Waals surface area contributed by atoms with Gasteiger partial charge in [-0.2, -0.15) is 5.26 Å². The van der Waals surface area contributed by atoms with Crippen LogP contribution in [0.3, 0.4) is 0 Å². The first kappa shape index (κ1) is 13.3. The Labute approximate surface area is 124 Å². The van der Waals surface area contributed by atoms with E-state index in [0.29, 0.717) is 10.6 Å². The highest BCUT2D eigenvalue weighted by molar-refractivity contribution is 9.10. The fourth-order valence-corrected chi connectivity index (χ4v) is 3.17. The van der Waals surface area contributed by atoms with Crippen LogP contribution in [0, 0.1) is 11.3 Å². The average Bonchev–Trinajstić information content (AvgIpc) is 2.37. The molecule has 1 aliphatic heterocycles. The summed E-state index contributed by atoms with van der Waals surface area (Å²) in [5.41, 5.74) is 8.25. The number of nitrogens with two attached hydrogens (primary N) is 1. The predicted molar refractivity (Wildman–Crippen MR) is 84.0 cm³/mol. The number of nitrogens with zero attached hydrogens (tertiary/aromatic N) is 1. The van der Waals surface area contributed by atoms with Crippen LogP contribution in [0.5, 0.6) is 0 Å². The molecule has 2 N–H and O–H groups in total. The molecule has 0 radical (unpaired) electrons. The maximum Gasteiger partial charge on any atom is 0.103 e. The maximum absolute atomic E-state index is 9.23. The number of rotatable bonds is 2. The summed E-state index contributed by atoms with van der Waals surface area (Å²) < 4.78 is 0.967. The monoisotopic (exact) mass is 336 g/mol. The molecule has 0 bridgehead atoms. The molecule has 90 valence electrons. The van der Waals surface area contributed by atoms with E-state index in [1.807, 2.05) is 30.3 Å². The van der Waals surface area contributed by atoms with Crippen molar-refractivity contribution < 1.29 is 0 Å². The molecule has 0 spiro atoms. The molecule has 0 aromatic heterocycles. The van der Waals surface area contributed by atoms with Crippen LogP contribution in [0.4, 0.5) is 0 Å². The molecule has 0 amide bonds. The van der Waals surface area contributed by atoms with E-state index >= 15 is 0 Å². The van der Waals surface area contributed by atoms with Gasteiger partial charge in [0.25, 0.3) is 0 Å². The minimum atomic E-state index is 0.0334. The number of benzene rings is 1. The highest BCUT2D eigenvalue weighted by atomic mass is 79.9. The molecule has 1 aromatic carbocycles. The first-order chi connectivity index (χ1) is 8.65. The van der Waals surface area contributed by atoms with E-state index in [-0.39, 0.29) is 5.25 Å². The summed E-state index contributed by atoms with van der Waals surface area (Å²) in [5, 5.41) is 11.5. The lowest BCUT2D eigenvalue weighted by molar-refractivity contribution is 1.39. The van der Waals surface area contributed by atoms with Crippen molar-refractivity contribution >= 4 is 50.9 Å². The zero-order valence-corrected chi connectivity index (χ0v) is 12.5. The van der Waals surface area contributed by atoms with E-state index < -0.39 is 0 Å². The lowest BCUT2D eigenvalue weighted by Gasteiger charge is -2.19. The van der Waals surface area contributed by atoms with Crippen LogP contribution < -0.4 is 5.73 Å². The van der Waals surface area contributed by atoms with Crippen molar-refractivity contribution in [3.63, 3.8) is 0 Å². The number of allylic oxidation sites excluding steroid dienone is 2. The third-order valence-corrected chi connectivity index (χ3v) is 4.45. The topological polar surface area (TPSA) is 49.8 Å². The number of nitriles is 1. The van der Waals surface area contributed by atoms with Gasteiger partial charge in [-0.1, -0.05) is 58.1 Å². The van der Waals surface area contributed by atoms with Crippen LogP contribution in [0.1, 0.15) is 5.56 Å². The minimum absolute atomic E-state index is 0.0334. The van der Waals surface area contributed by atoms with Crippen LogP contribution in [-0.4, -0.2) is 10.6 Å². The lowest BCUT2D eigenvalue weighted by atomic mass is 9.98. The molecule has 1 unspecified atom stereocenters. The molecule has 0 saturated heterocycles. The SMILES string of the molecule is N#CC1=C(N)SC(C=S)C=C1c1cccc(Br)c1. The Hall–Kier alpha value is -1.09. The van der Waals surface area contributed by atoms with E-state index in [1.54, 1.807) is 5.37 Å². The zero-order valence-electron chi connectivity index (χ0n) is 9.26. The highest BCUT2D eigenvalue weighted by Crippen LogP contribution is 2.36. The van der Waals surface area contributed by atoms with Crippen LogP contribution in [0.2, 0.25) is 0 Å². The second kappa shape index (κ2) is 5.70. The molecule has 1 heterocycles. The van der Waals surface area contributed by atoms with Gasteiger partial charge < -0.3 is 5.73 Å². The van der Waals surface area contributed by atoms with Gasteiger partial charge >= 0.3 is 0 Å². The maximum atomic E-state index is 9.23. The molecule has 2 rings (SSSR count). The molecule has 18 heavy (non-hydrogen) atoms. The summed E-state index contributed by atoms with van der Waals surface area (Å²) in [6, 6.07) is 9.96. The molecule has 5 heteroatoms. The summed E-state index contributed by atoms with van der Waals surface area (Å²) in [6.45, 7) is 0. The summed E-state index contributed by atoms with van der Waals surface area (Å²) in [6.07, 6.45) is 1.98. The van der Waals surface area contributed by atoms with Gasteiger partial charge in [-0.3, -0.25) is 0 Å². The Bertz CT molecular complexity index is 599. The third kappa shape index (κ3) is 2.66. The first-order valence-electron chi connectivity index (χ1n) is 5.15. The number of halogens is 1. The van der Waals surface area contributed by atoms with Crippen LogP contribution in [0.25, 0.3) is 5.57 Å². The van der Waals surface area contributed by atoms with Gasteiger partial charge in [-0.05, 0) is 28.6 Å². The van der Waals surface area contributed by atoms with Crippen LogP contribution in [0.15, 0.2) is 45.4 Å². The molecule has 0 aliphatic carbocycles. The highest BCUT2D eigenvalue weighted by Gasteiger charge is 2.21. The lowest BCUT2D eigenvalue weighted by Crippen LogP contribution is -2.12. The summed E-state index contributed by atoms with van der Waals surface area (Å²) in [4.78, 5) is 0. The number of hydrogen-bond donors (Lipinski definition) is 1. The van der Waals surface area contributed by atoms with E-state index in [1.165, 1.54) is 11.8 Å². The van der Waals surface area contributed by atoms with Crippen molar-refractivity contribution in [1.29, 1.82) is 5.26 Å². The third-order valence-electron chi connectivity index (χ3n) is 2.49. The minimum Gasteiger partial charge on any atom is -0.392 e. The van der Waals surface area contributed by atoms with Gasteiger partial charge in [0.1, 0.15) is 6.07 Å². The number of hydrogen-bond acceptors (Lipinski definition) is 4. The Morgan fingerprint density at radius 3 is 2.89 bits per heavy atom. The summed E-state index contributed by atoms with van der Waals surface area (Å²) in [5.74, 6) is 0. The normalized spacial score (nSPS) is 19.1. The number of thioether (sulfide) groups is 1. The molecule has 1 atom stereocenters. The van der Waals surface area contributed by atoms with E-state index in [2.05, 4.69) is 22.0 Å². The fourth-order valence-electron chi connectivity index (χ4n) is 1.70. The summed E-state index contributed by atoms with van der Waals surface area (Å²) in [7, 11) is 0. The van der Waals surface area contributed by atoms with Gasteiger partial charge in [-0.25, -0.2) is 0 Å². The van der Waals surface area contributed by atoms with Gasteiger partial charge in [0.15, 0.2) is 0 Å². The molecule has 0 fully saturated rings. The first-order valence-corrected chi connectivity index (χ1v) is 7.30. The van der Waals surface area contributed by atoms with Gasteiger partial charge in [0.2, 0.25) is 0 Å². The van der Waals surface area contributed by atoms with Crippen molar-refractivity contribution in [2.24, 2.45) is 5.73 Å². The molecule has 1 aliphatic rings. The Balaban J connectivity index is 2.55. The molecular formula is C13H9BrN2S2. The van der Waals surface area contributed by atoms with Crippen LogP contribution >= 0.6 is 39.9 Å². The molecule has 2 nitrogen and oxygen atoms in total. The Morgan fingerprint density at radius 1 is 1.50 bits per heavy atom. The summed E-state index contributed by atoms with van der Waals surface area (Å²) >= 11 is 9.80. The van der Waals surface area contributed by atoms with Crippen molar-refractivity contribution in [1.82, 2.24) is 0 Å². The van der Waals surface area contributed by atoms with Crippen molar-refractivity contribution in [2.75, 3.05) is 0 Å². The standard InChI is InChI=1S/C13H9BrN2S2/c14-9-3-1-2-8(4-9)11-5-10(7-17)18-13(16)12(11)6-15/h1-5,7,10H,16H2. The average molecular weight is 337 g/mol. The smallest absolute Gasteiger partial charge is 0.103 e. The molecular weight excluding hydrogens is 328 g/mol. The van der Waals surface area contributed by atoms with Gasteiger partial charge in [0, 0.05) is 4.47 Å². The van der Waals surface area contributed by atoms with Crippen molar-refractivity contribution in [3.05, 3.63) is 51.0 Å². The second-order valence-corrected chi connectivity index (χ2v) is 6.07. The molecule has 0 saturated carbocycles. The second-order valence-electron chi connectivity index (χ2n) is 3.66. The molecule has 1 aromatic rings. The Morgan fingerprint density at radius 2 is 2.28 bits per heavy atom. The van der Waals surface area contributed by atoms with Crippen molar-refractivity contribution in [2.45, 2.75) is 5.25 Å². The zero-order chi connectivity index (χ0) is 13.1. The van der Waals surface area contributed by atoms with E-state index in [4.69, 9.17) is 18.0 Å². The predicted octanol–water partition coefficient (Wildman–Crippen LogP) is 3.64. The quantitative estimate of drug-likeness (QED) is 0.837.